The lowest BCUT2D eigenvalue weighted by molar-refractivity contribution is -0.133. The molecule has 4 aliphatic rings. The van der Waals surface area contributed by atoms with Gasteiger partial charge < -0.3 is 23.8 Å². The molecule has 2 atom stereocenters. The Hall–Kier alpha value is -3.36. The maximum atomic E-state index is 13.8. The Morgan fingerprint density at radius 1 is 1.03 bits per heavy atom. The van der Waals surface area contributed by atoms with Crippen molar-refractivity contribution in [1.29, 1.82) is 0 Å². The Morgan fingerprint density at radius 2 is 1.81 bits per heavy atom. The van der Waals surface area contributed by atoms with Gasteiger partial charge in [0.05, 0.1) is 6.54 Å². The monoisotopic (exact) mass is 431 g/mol. The quantitative estimate of drug-likeness (QED) is 0.726. The first-order chi connectivity index (χ1) is 14.9. The van der Waals surface area contributed by atoms with E-state index in [1.165, 1.54) is 4.90 Å². The number of hydrogen-bond donors (Lipinski definition) is 0. The van der Waals surface area contributed by atoms with Crippen molar-refractivity contribution >= 4 is 11.6 Å². The standard InChI is InChI=1S/C22H16F3NO5/c23-22(24,25)19-6-5-12(31-19)9-26-15-4-2-1-3-13(15)21(20(26)27)10-28-16-8-18-17(7-14(16)21)29-11-30-18/h1-4,6-8,12H,5,9-11H2/t12?,21-/m0/s1. The van der Waals surface area contributed by atoms with Crippen LogP contribution in [0.2, 0.25) is 0 Å². The molecule has 1 amide bonds. The van der Waals surface area contributed by atoms with Crippen LogP contribution in [0.3, 0.4) is 0 Å². The number of nitrogens with zero attached hydrogens (tertiary/aromatic N) is 1. The zero-order chi connectivity index (χ0) is 21.4. The number of carbonyl (C=O) groups is 1. The second-order valence-electron chi connectivity index (χ2n) is 7.87. The molecule has 31 heavy (non-hydrogen) atoms. The van der Waals surface area contributed by atoms with Crippen LogP contribution in [0.15, 0.2) is 48.2 Å². The minimum Gasteiger partial charge on any atom is -0.491 e. The molecule has 1 spiro atoms. The Balaban J connectivity index is 1.38. The summed E-state index contributed by atoms with van der Waals surface area (Å²) in [6, 6.07) is 10.7. The first-order valence-electron chi connectivity index (χ1n) is 9.80. The van der Waals surface area contributed by atoms with E-state index >= 15 is 0 Å². The molecule has 0 saturated heterocycles. The van der Waals surface area contributed by atoms with Crippen LogP contribution in [-0.2, 0) is 14.9 Å². The number of anilines is 1. The van der Waals surface area contributed by atoms with E-state index in [4.69, 9.17) is 18.9 Å². The van der Waals surface area contributed by atoms with Crippen molar-refractivity contribution < 1.29 is 36.9 Å². The third-order valence-corrected chi connectivity index (χ3v) is 6.17. The van der Waals surface area contributed by atoms with Crippen LogP contribution in [-0.4, -0.2) is 38.1 Å². The van der Waals surface area contributed by atoms with Gasteiger partial charge in [0.2, 0.25) is 12.7 Å². The summed E-state index contributed by atoms with van der Waals surface area (Å²) in [6.45, 7) is 0.193. The van der Waals surface area contributed by atoms with Crippen molar-refractivity contribution in [3.63, 3.8) is 0 Å². The number of amides is 1. The summed E-state index contributed by atoms with van der Waals surface area (Å²) >= 11 is 0. The first-order valence-corrected chi connectivity index (χ1v) is 9.80. The highest BCUT2D eigenvalue weighted by atomic mass is 19.4. The lowest BCUT2D eigenvalue weighted by atomic mass is 9.77. The molecule has 0 fully saturated rings. The van der Waals surface area contributed by atoms with Crippen molar-refractivity contribution in [3.05, 3.63) is 59.4 Å². The maximum Gasteiger partial charge on any atom is 0.448 e. The summed E-state index contributed by atoms with van der Waals surface area (Å²) in [5, 5.41) is 0. The topological polar surface area (TPSA) is 57.2 Å². The van der Waals surface area contributed by atoms with E-state index in [0.717, 1.165) is 11.6 Å². The molecular formula is C22H16F3NO5. The summed E-state index contributed by atoms with van der Waals surface area (Å²) < 4.78 is 60.8. The molecule has 0 radical (unpaired) electrons. The Bertz CT molecular complexity index is 1140. The average Bonchev–Trinajstić information content (AvgIpc) is 3.50. The molecule has 0 N–H and O–H groups in total. The van der Waals surface area contributed by atoms with Gasteiger partial charge in [-0.25, -0.2) is 0 Å². The summed E-state index contributed by atoms with van der Waals surface area (Å²) in [5.74, 6) is 0.360. The Labute approximate surface area is 174 Å². The molecule has 0 bridgehead atoms. The average molecular weight is 431 g/mol. The smallest absolute Gasteiger partial charge is 0.448 e. The molecule has 2 aromatic carbocycles. The number of ether oxygens (including phenoxy) is 4. The minimum absolute atomic E-state index is 0.00750. The van der Waals surface area contributed by atoms with Gasteiger partial charge in [-0.05, 0) is 23.8 Å². The number of para-hydroxylation sites is 1. The van der Waals surface area contributed by atoms with E-state index in [1.54, 1.807) is 24.3 Å². The van der Waals surface area contributed by atoms with Gasteiger partial charge in [0.1, 0.15) is 23.9 Å². The summed E-state index contributed by atoms with van der Waals surface area (Å²) in [7, 11) is 0. The van der Waals surface area contributed by atoms with E-state index in [9.17, 15) is 18.0 Å². The second-order valence-corrected chi connectivity index (χ2v) is 7.87. The molecule has 160 valence electrons. The molecule has 0 aromatic heterocycles. The van der Waals surface area contributed by atoms with Crippen LogP contribution < -0.4 is 19.1 Å². The zero-order valence-corrected chi connectivity index (χ0v) is 16.1. The van der Waals surface area contributed by atoms with Gasteiger partial charge >= 0.3 is 6.18 Å². The van der Waals surface area contributed by atoms with Crippen LogP contribution in [0, 0.1) is 0 Å². The van der Waals surface area contributed by atoms with Crippen LogP contribution in [0.1, 0.15) is 17.5 Å². The van der Waals surface area contributed by atoms with Crippen LogP contribution in [0.25, 0.3) is 0 Å². The van der Waals surface area contributed by atoms with Gasteiger partial charge in [0, 0.05) is 23.7 Å². The number of rotatable bonds is 2. The summed E-state index contributed by atoms with van der Waals surface area (Å²) in [4.78, 5) is 15.3. The van der Waals surface area contributed by atoms with Crippen molar-refractivity contribution in [3.8, 4) is 17.2 Å². The molecule has 4 aliphatic heterocycles. The molecule has 1 unspecified atom stereocenters. The third-order valence-electron chi connectivity index (χ3n) is 6.17. The molecule has 6 nitrogen and oxygen atoms in total. The molecule has 6 rings (SSSR count). The molecule has 0 saturated carbocycles. The molecule has 9 heteroatoms. The largest absolute Gasteiger partial charge is 0.491 e. The van der Waals surface area contributed by atoms with E-state index in [2.05, 4.69) is 0 Å². The fourth-order valence-electron chi connectivity index (χ4n) is 4.76. The maximum absolute atomic E-state index is 13.8. The van der Waals surface area contributed by atoms with Crippen molar-refractivity contribution in [2.45, 2.75) is 24.1 Å². The van der Waals surface area contributed by atoms with Gasteiger partial charge in [-0.2, -0.15) is 13.2 Å². The number of allylic oxidation sites excluding steroid dienone is 1. The van der Waals surface area contributed by atoms with Crippen LogP contribution in [0.5, 0.6) is 17.2 Å². The summed E-state index contributed by atoms with van der Waals surface area (Å²) in [6.07, 6.45) is -4.20. The van der Waals surface area contributed by atoms with E-state index in [0.29, 0.717) is 28.5 Å². The fraction of sp³-hybridized carbons (Fsp3) is 0.318. The SMILES string of the molecule is O=C1N(CC2CC=C(C(F)(F)F)O2)c2ccccc2[C@]12COc1cc3c(cc12)OCO3. The predicted molar refractivity (Wildman–Crippen MR) is 101 cm³/mol. The molecular weight excluding hydrogens is 415 g/mol. The number of fused-ring (bicyclic) bond motifs is 5. The van der Waals surface area contributed by atoms with Crippen molar-refractivity contribution in [2.75, 3.05) is 24.8 Å². The van der Waals surface area contributed by atoms with Gasteiger partial charge in [0.15, 0.2) is 17.3 Å². The van der Waals surface area contributed by atoms with Crippen LogP contribution >= 0.6 is 0 Å². The van der Waals surface area contributed by atoms with Gasteiger partial charge in [-0.3, -0.25) is 4.79 Å². The fourth-order valence-corrected chi connectivity index (χ4v) is 4.76. The Kier molecular flexibility index (Phi) is 3.62. The first kappa shape index (κ1) is 18.4. The zero-order valence-electron chi connectivity index (χ0n) is 16.1. The Morgan fingerprint density at radius 3 is 2.58 bits per heavy atom. The lowest BCUT2D eigenvalue weighted by Gasteiger charge is -2.25. The summed E-state index contributed by atoms with van der Waals surface area (Å²) in [5.41, 5.74) is 0.967. The van der Waals surface area contributed by atoms with Crippen molar-refractivity contribution in [2.24, 2.45) is 0 Å². The van der Waals surface area contributed by atoms with E-state index < -0.39 is 23.5 Å². The number of carbonyl (C=O) groups excluding carboxylic acids is 1. The van der Waals surface area contributed by atoms with Crippen molar-refractivity contribution in [1.82, 2.24) is 0 Å². The number of halogens is 3. The van der Waals surface area contributed by atoms with Gasteiger partial charge in [0.25, 0.3) is 0 Å². The highest BCUT2D eigenvalue weighted by molar-refractivity contribution is 6.11. The second kappa shape index (κ2) is 6.09. The van der Waals surface area contributed by atoms with E-state index in [1.807, 2.05) is 12.1 Å². The van der Waals surface area contributed by atoms with Crippen LogP contribution in [0.4, 0.5) is 18.9 Å². The predicted octanol–water partition coefficient (Wildman–Crippen LogP) is 3.68. The third kappa shape index (κ3) is 2.49. The number of benzene rings is 2. The van der Waals surface area contributed by atoms with Gasteiger partial charge in [-0.15, -0.1) is 0 Å². The van der Waals surface area contributed by atoms with E-state index in [-0.39, 0.29) is 32.3 Å². The van der Waals surface area contributed by atoms with Gasteiger partial charge in [-0.1, -0.05) is 18.2 Å². The highest BCUT2D eigenvalue weighted by Gasteiger charge is 2.57. The minimum atomic E-state index is -4.54. The molecule has 2 aromatic rings. The lowest BCUT2D eigenvalue weighted by Crippen LogP contribution is -2.45. The highest BCUT2D eigenvalue weighted by Crippen LogP contribution is 2.55. The number of hydrogen-bond acceptors (Lipinski definition) is 5. The number of alkyl halides is 3. The normalized spacial score (nSPS) is 25.4. The molecule has 4 heterocycles. The molecule has 0 aliphatic carbocycles.